The van der Waals surface area contributed by atoms with Crippen LogP contribution in [0.25, 0.3) is 0 Å². The number of amides is 2. The van der Waals surface area contributed by atoms with Crippen molar-refractivity contribution in [3.63, 3.8) is 0 Å². The summed E-state index contributed by atoms with van der Waals surface area (Å²) in [4.78, 5) is 29.7. The Morgan fingerprint density at radius 1 is 1.32 bits per heavy atom. The molecule has 2 N–H and O–H groups in total. The number of likely N-dealkylation sites (tertiary alicyclic amines) is 1. The number of nitrogens with zero attached hydrogens (tertiary/aromatic N) is 2. The molecule has 100 valence electrons. The number of pyridine rings is 1. The van der Waals surface area contributed by atoms with E-state index in [0.717, 1.165) is 0 Å². The molecule has 0 radical (unpaired) electrons. The predicted molar refractivity (Wildman–Crippen MR) is 70.0 cm³/mol. The average Bonchev–Trinajstić information content (AvgIpc) is 2.80. The number of piperidine rings is 1. The van der Waals surface area contributed by atoms with Gasteiger partial charge in [-0.3, -0.25) is 14.5 Å². The van der Waals surface area contributed by atoms with Crippen molar-refractivity contribution in [3.8, 4) is 0 Å². The Bertz CT molecular complexity index is 576. The number of carbonyl (C=O) groups excluding carboxylic acids is 2. The normalized spacial score (nSPS) is 27.6. The van der Waals surface area contributed by atoms with Crippen LogP contribution in [0, 0.1) is 17.3 Å². The van der Waals surface area contributed by atoms with Crippen molar-refractivity contribution in [2.75, 3.05) is 5.73 Å². The second-order valence-electron chi connectivity index (χ2n) is 5.70. The van der Waals surface area contributed by atoms with Gasteiger partial charge in [0.05, 0.1) is 29.1 Å². The van der Waals surface area contributed by atoms with Crippen molar-refractivity contribution in [1.29, 1.82) is 0 Å². The number of fused-ring (bicyclic) bond motifs is 1. The molecule has 19 heavy (non-hydrogen) atoms. The zero-order valence-electron chi connectivity index (χ0n) is 10.7. The third-order valence-corrected chi connectivity index (χ3v) is 4.48. The average molecular weight is 280 g/mol. The molecule has 1 aromatic rings. The summed E-state index contributed by atoms with van der Waals surface area (Å²) < 4.78 is 0. The number of aromatic nitrogens is 1. The number of hydrogen-bond acceptors (Lipinski definition) is 4. The summed E-state index contributed by atoms with van der Waals surface area (Å²) in [5, 5.41) is 0.412. The number of nitrogens with two attached hydrogens (primary N) is 1. The van der Waals surface area contributed by atoms with E-state index in [2.05, 4.69) is 4.98 Å². The molecule has 5 nitrogen and oxygen atoms in total. The van der Waals surface area contributed by atoms with E-state index < -0.39 is 0 Å². The van der Waals surface area contributed by atoms with Crippen molar-refractivity contribution < 1.29 is 9.59 Å². The second kappa shape index (κ2) is 3.70. The zero-order chi connectivity index (χ0) is 13.9. The molecule has 1 aliphatic heterocycles. The van der Waals surface area contributed by atoms with Crippen LogP contribution in [0.1, 0.15) is 19.5 Å². The van der Waals surface area contributed by atoms with E-state index in [1.807, 2.05) is 13.8 Å². The fourth-order valence-electron chi connectivity index (χ4n) is 2.92. The standard InChI is InChI=1S/C13H14ClN3O2/c1-13(2)9-10(13)12(19)17(11(9)18)5-7-6(14)3-4-8(15)16-7/h3-4,9-10H,5H2,1-2H3,(H2,15,16). The van der Waals surface area contributed by atoms with Crippen LogP contribution in [0.4, 0.5) is 5.82 Å². The maximum Gasteiger partial charge on any atom is 0.234 e. The molecule has 2 heterocycles. The van der Waals surface area contributed by atoms with E-state index in [9.17, 15) is 9.59 Å². The highest BCUT2D eigenvalue weighted by Crippen LogP contribution is 2.63. The van der Waals surface area contributed by atoms with E-state index >= 15 is 0 Å². The Labute approximate surface area is 115 Å². The van der Waals surface area contributed by atoms with Crippen LogP contribution >= 0.6 is 11.6 Å². The molecule has 2 fully saturated rings. The number of halogens is 1. The second-order valence-corrected chi connectivity index (χ2v) is 6.11. The third kappa shape index (κ3) is 1.64. The lowest BCUT2D eigenvalue weighted by Crippen LogP contribution is -2.36. The molecule has 0 aromatic carbocycles. The molecular weight excluding hydrogens is 266 g/mol. The van der Waals surface area contributed by atoms with Crippen molar-refractivity contribution in [2.24, 2.45) is 17.3 Å². The molecule has 1 aliphatic carbocycles. The van der Waals surface area contributed by atoms with Gasteiger partial charge in [-0.15, -0.1) is 0 Å². The SMILES string of the molecule is CC1(C)C2C(=O)N(Cc3nc(N)ccc3Cl)C(=O)C21. The van der Waals surface area contributed by atoms with Crippen molar-refractivity contribution >= 4 is 29.2 Å². The van der Waals surface area contributed by atoms with Crippen LogP contribution < -0.4 is 5.73 Å². The summed E-state index contributed by atoms with van der Waals surface area (Å²) in [7, 11) is 0. The summed E-state index contributed by atoms with van der Waals surface area (Å²) in [6.45, 7) is 3.99. The van der Waals surface area contributed by atoms with Crippen molar-refractivity contribution in [2.45, 2.75) is 20.4 Å². The molecule has 1 saturated carbocycles. The van der Waals surface area contributed by atoms with E-state index in [-0.39, 0.29) is 35.6 Å². The fourth-order valence-corrected chi connectivity index (χ4v) is 3.09. The van der Waals surface area contributed by atoms with Gasteiger partial charge in [-0.05, 0) is 17.5 Å². The highest BCUT2D eigenvalue weighted by molar-refractivity contribution is 6.31. The minimum Gasteiger partial charge on any atom is -0.384 e. The van der Waals surface area contributed by atoms with Gasteiger partial charge in [0.15, 0.2) is 0 Å². The molecule has 1 saturated heterocycles. The molecule has 0 spiro atoms. The highest BCUT2D eigenvalue weighted by atomic mass is 35.5. The predicted octanol–water partition coefficient (Wildman–Crippen LogP) is 1.46. The van der Waals surface area contributed by atoms with Gasteiger partial charge in [-0.25, -0.2) is 4.98 Å². The van der Waals surface area contributed by atoms with Gasteiger partial charge in [0, 0.05) is 0 Å². The van der Waals surface area contributed by atoms with Crippen LogP contribution in [0.3, 0.4) is 0 Å². The molecule has 2 unspecified atom stereocenters. The first-order chi connectivity index (χ1) is 8.84. The summed E-state index contributed by atoms with van der Waals surface area (Å²) in [6.07, 6.45) is 0. The van der Waals surface area contributed by atoms with Crippen LogP contribution in [0.5, 0.6) is 0 Å². The lowest BCUT2D eigenvalue weighted by molar-refractivity contribution is -0.143. The largest absolute Gasteiger partial charge is 0.384 e. The van der Waals surface area contributed by atoms with Crippen LogP contribution in [-0.2, 0) is 16.1 Å². The van der Waals surface area contributed by atoms with Gasteiger partial charge in [0.25, 0.3) is 0 Å². The topological polar surface area (TPSA) is 76.3 Å². The number of rotatable bonds is 2. The molecule has 2 amide bonds. The Hall–Kier alpha value is -1.62. The Kier molecular flexibility index (Phi) is 2.41. The van der Waals surface area contributed by atoms with Crippen LogP contribution in [0.15, 0.2) is 12.1 Å². The summed E-state index contributed by atoms with van der Waals surface area (Å²) in [6, 6.07) is 3.20. The Morgan fingerprint density at radius 3 is 2.47 bits per heavy atom. The van der Waals surface area contributed by atoms with Gasteiger partial charge in [0.1, 0.15) is 5.82 Å². The molecule has 6 heteroatoms. The third-order valence-electron chi connectivity index (χ3n) is 4.14. The monoisotopic (exact) mass is 279 g/mol. The lowest BCUT2D eigenvalue weighted by atomic mass is 10.1. The first-order valence-electron chi connectivity index (χ1n) is 6.10. The van der Waals surface area contributed by atoms with Gasteiger partial charge in [-0.2, -0.15) is 0 Å². The number of nitrogen functional groups attached to an aromatic ring is 1. The molecule has 2 aliphatic rings. The number of carbonyl (C=O) groups is 2. The summed E-state index contributed by atoms with van der Waals surface area (Å²) in [5.41, 5.74) is 5.86. The lowest BCUT2D eigenvalue weighted by Gasteiger charge is -2.20. The highest BCUT2D eigenvalue weighted by Gasteiger charge is 2.72. The maximum absolute atomic E-state index is 12.2. The molecule has 0 bridgehead atoms. The number of hydrogen-bond donors (Lipinski definition) is 1. The summed E-state index contributed by atoms with van der Waals surface area (Å²) in [5.74, 6) is -0.288. The number of imide groups is 1. The molecule has 1 aromatic heterocycles. The van der Waals surface area contributed by atoms with Crippen LogP contribution in [-0.4, -0.2) is 21.7 Å². The molecule has 3 rings (SSSR count). The van der Waals surface area contributed by atoms with E-state index in [4.69, 9.17) is 17.3 Å². The molecule has 2 atom stereocenters. The maximum atomic E-state index is 12.2. The number of anilines is 1. The molecular formula is C13H14ClN3O2. The van der Waals surface area contributed by atoms with Gasteiger partial charge < -0.3 is 5.73 Å². The van der Waals surface area contributed by atoms with Crippen LogP contribution in [0.2, 0.25) is 5.02 Å². The van der Waals surface area contributed by atoms with Gasteiger partial charge >= 0.3 is 0 Å². The summed E-state index contributed by atoms with van der Waals surface area (Å²) >= 11 is 6.01. The Balaban J connectivity index is 1.85. The van der Waals surface area contributed by atoms with Crippen molar-refractivity contribution in [3.05, 3.63) is 22.8 Å². The Morgan fingerprint density at radius 2 is 1.89 bits per heavy atom. The first-order valence-corrected chi connectivity index (χ1v) is 6.48. The van der Waals surface area contributed by atoms with Crippen molar-refractivity contribution in [1.82, 2.24) is 9.88 Å². The van der Waals surface area contributed by atoms with E-state index in [0.29, 0.717) is 16.5 Å². The minimum absolute atomic E-state index is 0.102. The van der Waals surface area contributed by atoms with E-state index in [1.165, 1.54) is 4.90 Å². The minimum atomic E-state index is -0.197. The fraction of sp³-hybridized carbons (Fsp3) is 0.462. The smallest absolute Gasteiger partial charge is 0.234 e. The zero-order valence-corrected chi connectivity index (χ0v) is 11.4. The van der Waals surface area contributed by atoms with E-state index in [1.54, 1.807) is 12.1 Å². The quantitative estimate of drug-likeness (QED) is 0.832. The van der Waals surface area contributed by atoms with Gasteiger partial charge in [0.2, 0.25) is 11.8 Å². The first kappa shape index (κ1) is 12.4. The van der Waals surface area contributed by atoms with Gasteiger partial charge in [-0.1, -0.05) is 25.4 Å².